The number of nitrogens with one attached hydrogen (secondary N) is 1. The van der Waals surface area contributed by atoms with Gasteiger partial charge in [0.2, 0.25) is 5.96 Å². The molecule has 0 saturated heterocycles. The maximum atomic E-state index is 5.42. The molecule has 8 aromatic carbocycles. The molecule has 11 aromatic rings. The van der Waals surface area contributed by atoms with E-state index in [4.69, 9.17) is 4.99 Å². The highest BCUT2D eigenvalue weighted by Crippen LogP contribution is 2.49. The topological polar surface area (TPSA) is 33.7 Å². The molecular formula is C46H28N4. The third kappa shape index (κ3) is 3.23. The minimum Gasteiger partial charge on any atom is -0.344 e. The number of aliphatic imine (C=N–C) groups is 1. The standard InChI is InChI=1S/C46H28N4/c1-2-14-28(15-3-1)42-32-19-8-10-23-36(32)47-46(48-42)50-37-24-11-9-20-33(37)40-30-17-6-7-18-31(30)41-35-22-12-21-34-39-29-16-5-4-13-27(29)25-26-38(39)49(43(34)35)44(41)45(40)50/h1-26,42H,(H,47,48). The first kappa shape index (κ1) is 26.3. The van der Waals surface area contributed by atoms with Crippen LogP contribution in [0.25, 0.3) is 81.4 Å². The number of hydrogen-bond acceptors (Lipinski definition) is 2. The molecular weight excluding hydrogens is 609 g/mol. The van der Waals surface area contributed by atoms with Crippen LogP contribution in [0.2, 0.25) is 0 Å². The van der Waals surface area contributed by atoms with E-state index in [1.165, 1.54) is 87.1 Å². The SMILES string of the molecule is c1ccc(C2NC(n3c4ccccc4c4c5ccccc5c5c6cccc7c8c9ccccc9ccc8n(c76)c5c43)=Nc3ccccc32)cc1. The molecule has 0 radical (unpaired) electrons. The fourth-order valence-electron chi connectivity index (χ4n) is 9.09. The van der Waals surface area contributed by atoms with Crippen LogP contribution in [0, 0.1) is 0 Å². The highest BCUT2D eigenvalue weighted by atomic mass is 15.2. The third-order valence-corrected chi connectivity index (χ3v) is 11.1. The van der Waals surface area contributed by atoms with Crippen LogP contribution in [0.5, 0.6) is 0 Å². The van der Waals surface area contributed by atoms with Gasteiger partial charge in [0.05, 0.1) is 39.3 Å². The van der Waals surface area contributed by atoms with E-state index in [1.54, 1.807) is 0 Å². The van der Waals surface area contributed by atoms with Crippen molar-refractivity contribution in [3.8, 4) is 0 Å². The van der Waals surface area contributed by atoms with E-state index in [1.807, 2.05) is 0 Å². The first-order valence-electron chi connectivity index (χ1n) is 17.3. The van der Waals surface area contributed by atoms with Crippen molar-refractivity contribution in [2.45, 2.75) is 6.04 Å². The van der Waals surface area contributed by atoms with Crippen molar-refractivity contribution in [1.82, 2.24) is 14.3 Å². The van der Waals surface area contributed by atoms with Crippen LogP contribution in [0.3, 0.4) is 0 Å². The average Bonchev–Trinajstić information content (AvgIpc) is 3.84. The fraction of sp³-hybridized carbons (Fsp3) is 0.0217. The number of benzene rings is 8. The molecule has 0 bridgehead atoms. The van der Waals surface area contributed by atoms with E-state index < -0.39 is 0 Å². The van der Waals surface area contributed by atoms with Crippen molar-refractivity contribution in [1.29, 1.82) is 0 Å². The summed E-state index contributed by atoms with van der Waals surface area (Å²) < 4.78 is 4.96. The van der Waals surface area contributed by atoms with E-state index in [0.717, 1.165) is 17.2 Å². The Labute approximate surface area is 286 Å². The summed E-state index contributed by atoms with van der Waals surface area (Å²) in [5, 5.41) is 16.6. The summed E-state index contributed by atoms with van der Waals surface area (Å²) in [6.45, 7) is 0. The lowest BCUT2D eigenvalue weighted by Crippen LogP contribution is -2.36. The predicted octanol–water partition coefficient (Wildman–Crippen LogP) is 11.5. The maximum Gasteiger partial charge on any atom is 0.209 e. The summed E-state index contributed by atoms with van der Waals surface area (Å²) in [6, 6.07) is 57.3. The number of aromatic nitrogens is 2. The van der Waals surface area contributed by atoms with Gasteiger partial charge in [-0.25, -0.2) is 4.99 Å². The van der Waals surface area contributed by atoms with Crippen molar-refractivity contribution >= 4 is 93.1 Å². The number of hydrogen-bond donors (Lipinski definition) is 1. The van der Waals surface area contributed by atoms with Gasteiger partial charge in [-0.15, -0.1) is 0 Å². The van der Waals surface area contributed by atoms with Crippen LogP contribution in [0.15, 0.2) is 163 Å². The number of nitrogens with zero attached hydrogens (tertiary/aromatic N) is 3. The van der Waals surface area contributed by atoms with E-state index in [9.17, 15) is 0 Å². The lowest BCUT2D eigenvalue weighted by Gasteiger charge is -2.28. The molecule has 1 N–H and O–H groups in total. The van der Waals surface area contributed by atoms with Crippen LogP contribution < -0.4 is 5.32 Å². The summed E-state index contributed by atoms with van der Waals surface area (Å²) in [5.74, 6) is 0.829. The fourth-order valence-corrected chi connectivity index (χ4v) is 9.09. The maximum absolute atomic E-state index is 5.42. The summed E-state index contributed by atoms with van der Waals surface area (Å²) in [7, 11) is 0. The van der Waals surface area contributed by atoms with Crippen LogP contribution in [0.1, 0.15) is 17.2 Å². The van der Waals surface area contributed by atoms with E-state index in [-0.39, 0.29) is 6.04 Å². The second-order valence-corrected chi connectivity index (χ2v) is 13.5. The first-order chi connectivity index (χ1) is 24.8. The zero-order valence-electron chi connectivity index (χ0n) is 26.9. The highest BCUT2D eigenvalue weighted by molar-refractivity contribution is 6.40. The molecule has 4 nitrogen and oxygen atoms in total. The minimum atomic E-state index is -0.0488. The Morgan fingerprint density at radius 3 is 1.92 bits per heavy atom. The van der Waals surface area contributed by atoms with Crippen molar-refractivity contribution < 1.29 is 0 Å². The van der Waals surface area contributed by atoms with Crippen molar-refractivity contribution in [3.05, 3.63) is 169 Å². The van der Waals surface area contributed by atoms with Crippen molar-refractivity contribution in [3.63, 3.8) is 0 Å². The number of rotatable bonds is 1. The molecule has 1 atom stereocenters. The zero-order chi connectivity index (χ0) is 32.5. The molecule has 4 heterocycles. The van der Waals surface area contributed by atoms with Gasteiger partial charge in [0.25, 0.3) is 0 Å². The molecule has 0 saturated carbocycles. The Morgan fingerprint density at radius 2 is 1.08 bits per heavy atom. The van der Waals surface area contributed by atoms with Crippen molar-refractivity contribution in [2.24, 2.45) is 4.99 Å². The smallest absolute Gasteiger partial charge is 0.209 e. The number of para-hydroxylation sites is 3. The van der Waals surface area contributed by atoms with Gasteiger partial charge in [-0.2, -0.15) is 0 Å². The quantitative estimate of drug-likeness (QED) is 0.191. The van der Waals surface area contributed by atoms with Crippen LogP contribution in [0.4, 0.5) is 5.69 Å². The third-order valence-electron chi connectivity index (χ3n) is 11.1. The van der Waals surface area contributed by atoms with Gasteiger partial charge in [0.1, 0.15) is 0 Å². The van der Waals surface area contributed by atoms with E-state index in [2.05, 4.69) is 172 Å². The van der Waals surface area contributed by atoms with Gasteiger partial charge in [0.15, 0.2) is 0 Å². The Balaban J connectivity index is 1.33. The average molecular weight is 637 g/mol. The predicted molar refractivity (Wildman–Crippen MR) is 209 cm³/mol. The summed E-state index contributed by atoms with van der Waals surface area (Å²) >= 11 is 0. The Hall–Kier alpha value is -6.65. The first-order valence-corrected chi connectivity index (χ1v) is 17.3. The molecule has 0 aliphatic carbocycles. The lowest BCUT2D eigenvalue weighted by atomic mass is 9.96. The Bertz CT molecular complexity index is 3240. The molecule has 4 heteroatoms. The van der Waals surface area contributed by atoms with Gasteiger partial charge >= 0.3 is 0 Å². The summed E-state index contributed by atoms with van der Waals surface area (Å²) in [6.07, 6.45) is 0. The molecule has 1 aliphatic rings. The second-order valence-electron chi connectivity index (χ2n) is 13.5. The molecule has 3 aromatic heterocycles. The minimum absolute atomic E-state index is 0.0488. The van der Waals surface area contributed by atoms with Crippen molar-refractivity contribution in [2.75, 3.05) is 0 Å². The molecule has 1 unspecified atom stereocenters. The number of fused-ring (bicyclic) bond motifs is 16. The molecule has 0 fully saturated rings. The van der Waals surface area contributed by atoms with Gasteiger partial charge in [0, 0.05) is 37.9 Å². The van der Waals surface area contributed by atoms with E-state index >= 15 is 0 Å². The lowest BCUT2D eigenvalue weighted by molar-refractivity contribution is 0.731. The Kier molecular flexibility index (Phi) is 5.00. The van der Waals surface area contributed by atoms with Crippen LogP contribution in [-0.2, 0) is 0 Å². The largest absolute Gasteiger partial charge is 0.344 e. The Morgan fingerprint density at radius 1 is 0.440 bits per heavy atom. The molecule has 12 rings (SSSR count). The van der Waals surface area contributed by atoms with Gasteiger partial charge in [-0.1, -0.05) is 140 Å². The summed E-state index contributed by atoms with van der Waals surface area (Å²) in [5.41, 5.74) is 9.39. The molecule has 232 valence electrons. The highest BCUT2D eigenvalue weighted by Gasteiger charge is 2.30. The summed E-state index contributed by atoms with van der Waals surface area (Å²) in [4.78, 5) is 5.42. The van der Waals surface area contributed by atoms with Crippen LogP contribution >= 0.6 is 0 Å². The monoisotopic (exact) mass is 636 g/mol. The van der Waals surface area contributed by atoms with Gasteiger partial charge < -0.3 is 9.72 Å². The normalized spacial score (nSPS) is 14.9. The zero-order valence-corrected chi connectivity index (χ0v) is 26.9. The van der Waals surface area contributed by atoms with Crippen LogP contribution in [-0.4, -0.2) is 14.9 Å². The molecule has 0 spiro atoms. The van der Waals surface area contributed by atoms with Gasteiger partial charge in [-0.3, -0.25) is 4.57 Å². The molecule has 50 heavy (non-hydrogen) atoms. The second kappa shape index (κ2) is 9.49. The molecule has 0 amide bonds. The van der Waals surface area contributed by atoms with E-state index in [0.29, 0.717) is 0 Å². The van der Waals surface area contributed by atoms with Gasteiger partial charge in [-0.05, 0) is 45.3 Å². The molecule has 1 aliphatic heterocycles.